The van der Waals surface area contributed by atoms with E-state index < -0.39 is 15.6 Å². The molecule has 0 unspecified atom stereocenters. The molecule has 1 aliphatic rings. The van der Waals surface area contributed by atoms with Crippen molar-refractivity contribution in [2.45, 2.75) is 30.8 Å². The van der Waals surface area contributed by atoms with Gasteiger partial charge in [0.05, 0.1) is 21.2 Å². The van der Waals surface area contributed by atoms with Crippen LogP contribution in [0.25, 0.3) is 0 Å². The van der Waals surface area contributed by atoms with Crippen molar-refractivity contribution in [2.75, 3.05) is 18.8 Å². The summed E-state index contributed by atoms with van der Waals surface area (Å²) < 4.78 is 25.9. The van der Waals surface area contributed by atoms with Gasteiger partial charge in [-0.3, -0.25) is 0 Å². The van der Waals surface area contributed by atoms with E-state index in [9.17, 15) is 13.5 Å². The Morgan fingerprint density at radius 1 is 1.47 bits per heavy atom. The van der Waals surface area contributed by atoms with E-state index in [0.29, 0.717) is 17.0 Å². The highest BCUT2D eigenvalue weighted by Gasteiger charge is 2.46. The molecule has 0 radical (unpaired) electrons. The SMILES string of the molecule is CCC1(O)CN(S(=O)(=O)c2cc(C)c(Cl)c(N)c2)C1. The van der Waals surface area contributed by atoms with Gasteiger partial charge in [0.15, 0.2) is 0 Å². The highest BCUT2D eigenvalue weighted by atomic mass is 35.5. The van der Waals surface area contributed by atoms with Crippen molar-refractivity contribution in [2.24, 2.45) is 0 Å². The van der Waals surface area contributed by atoms with Gasteiger partial charge >= 0.3 is 0 Å². The lowest BCUT2D eigenvalue weighted by atomic mass is 9.94. The quantitative estimate of drug-likeness (QED) is 0.826. The number of aliphatic hydroxyl groups is 1. The van der Waals surface area contributed by atoms with Gasteiger partial charge in [-0.15, -0.1) is 0 Å². The van der Waals surface area contributed by atoms with Crippen LogP contribution in [0.3, 0.4) is 0 Å². The summed E-state index contributed by atoms with van der Waals surface area (Å²) >= 11 is 5.92. The van der Waals surface area contributed by atoms with Crippen LogP contribution in [-0.4, -0.2) is 36.5 Å². The molecule has 1 aliphatic heterocycles. The van der Waals surface area contributed by atoms with Crippen molar-refractivity contribution in [1.82, 2.24) is 4.31 Å². The minimum Gasteiger partial charge on any atom is -0.397 e. The van der Waals surface area contributed by atoms with Crippen molar-refractivity contribution < 1.29 is 13.5 Å². The maximum Gasteiger partial charge on any atom is 0.243 e. The van der Waals surface area contributed by atoms with Crippen molar-refractivity contribution >= 4 is 27.3 Å². The first-order chi connectivity index (χ1) is 8.69. The van der Waals surface area contributed by atoms with Gasteiger partial charge in [0, 0.05) is 13.1 Å². The topological polar surface area (TPSA) is 83.6 Å². The number of hydrogen-bond donors (Lipinski definition) is 2. The van der Waals surface area contributed by atoms with E-state index in [-0.39, 0.29) is 23.7 Å². The van der Waals surface area contributed by atoms with Gasteiger partial charge in [0.25, 0.3) is 0 Å². The van der Waals surface area contributed by atoms with Gasteiger partial charge in [-0.2, -0.15) is 4.31 Å². The van der Waals surface area contributed by atoms with E-state index in [1.54, 1.807) is 6.92 Å². The molecule has 0 atom stereocenters. The number of aryl methyl sites for hydroxylation is 1. The molecule has 7 heteroatoms. The Bertz CT molecular complexity index is 586. The average Bonchev–Trinajstić information content (AvgIpc) is 2.31. The number of halogens is 1. The average molecular weight is 305 g/mol. The fourth-order valence-electron chi connectivity index (χ4n) is 2.06. The molecule has 0 aromatic heterocycles. The van der Waals surface area contributed by atoms with E-state index in [0.717, 1.165) is 0 Å². The second kappa shape index (κ2) is 4.63. The molecule has 0 saturated carbocycles. The zero-order chi connectivity index (χ0) is 14.4. The summed E-state index contributed by atoms with van der Waals surface area (Å²) in [4.78, 5) is 0.116. The Labute approximate surface area is 118 Å². The molecular weight excluding hydrogens is 288 g/mol. The molecule has 0 aliphatic carbocycles. The highest BCUT2D eigenvalue weighted by Crippen LogP contribution is 2.33. The van der Waals surface area contributed by atoms with Gasteiger partial charge in [0.1, 0.15) is 0 Å². The van der Waals surface area contributed by atoms with E-state index in [2.05, 4.69) is 0 Å². The summed E-state index contributed by atoms with van der Waals surface area (Å²) in [6, 6.07) is 2.85. The number of nitrogen functional groups attached to an aromatic ring is 1. The van der Waals surface area contributed by atoms with Crippen LogP contribution >= 0.6 is 11.6 Å². The second-order valence-electron chi connectivity index (χ2n) is 4.99. The van der Waals surface area contributed by atoms with E-state index >= 15 is 0 Å². The van der Waals surface area contributed by atoms with Gasteiger partial charge in [0.2, 0.25) is 10.0 Å². The Kier molecular flexibility index (Phi) is 3.55. The smallest absolute Gasteiger partial charge is 0.243 e. The van der Waals surface area contributed by atoms with Crippen molar-refractivity contribution in [3.05, 3.63) is 22.7 Å². The van der Waals surface area contributed by atoms with Crippen LogP contribution in [0.2, 0.25) is 5.02 Å². The summed E-state index contributed by atoms with van der Waals surface area (Å²) in [6.45, 7) is 3.77. The van der Waals surface area contributed by atoms with Crippen LogP contribution in [0.4, 0.5) is 5.69 Å². The molecule has 1 fully saturated rings. The van der Waals surface area contributed by atoms with Crippen molar-refractivity contribution in [3.63, 3.8) is 0 Å². The minimum absolute atomic E-state index is 0.116. The molecule has 5 nitrogen and oxygen atoms in total. The predicted molar refractivity (Wildman–Crippen MR) is 74.6 cm³/mol. The molecular formula is C12H17ClN2O3S. The van der Waals surface area contributed by atoms with Crippen LogP contribution in [0.1, 0.15) is 18.9 Å². The van der Waals surface area contributed by atoms with E-state index in [1.165, 1.54) is 16.4 Å². The largest absolute Gasteiger partial charge is 0.397 e. The highest BCUT2D eigenvalue weighted by molar-refractivity contribution is 7.89. The zero-order valence-electron chi connectivity index (χ0n) is 10.9. The standard InChI is InChI=1S/C12H17ClN2O3S/c1-3-12(16)6-15(7-12)19(17,18)9-4-8(2)11(13)10(14)5-9/h4-5,16H,3,6-7,14H2,1-2H3. The second-order valence-corrected chi connectivity index (χ2v) is 7.31. The maximum atomic E-state index is 12.4. The van der Waals surface area contributed by atoms with Gasteiger partial charge < -0.3 is 10.8 Å². The molecule has 1 aromatic rings. The normalized spacial score (nSPS) is 19.2. The minimum atomic E-state index is -3.61. The summed E-state index contributed by atoms with van der Waals surface area (Å²) in [7, 11) is -3.61. The molecule has 19 heavy (non-hydrogen) atoms. The third kappa shape index (κ3) is 2.45. The number of anilines is 1. The lowest BCUT2D eigenvalue weighted by molar-refractivity contribution is -0.0613. The van der Waals surface area contributed by atoms with Crippen molar-refractivity contribution in [3.8, 4) is 0 Å². The van der Waals surface area contributed by atoms with Gasteiger partial charge in [-0.05, 0) is 31.0 Å². The Morgan fingerprint density at radius 3 is 2.53 bits per heavy atom. The first-order valence-corrected chi connectivity index (χ1v) is 7.79. The molecule has 1 aromatic carbocycles. The number of benzene rings is 1. The predicted octanol–water partition coefficient (Wildman–Crippen LogP) is 1.38. The van der Waals surface area contributed by atoms with Crippen LogP contribution in [0.15, 0.2) is 17.0 Å². The number of sulfonamides is 1. The number of β-amino-alcohol motifs (C(OH)–C–C–N with tert-alkyl or cyclic N) is 1. The van der Waals surface area contributed by atoms with E-state index in [4.69, 9.17) is 17.3 Å². The van der Waals surface area contributed by atoms with Crippen LogP contribution in [-0.2, 0) is 10.0 Å². The molecule has 0 spiro atoms. The molecule has 1 heterocycles. The van der Waals surface area contributed by atoms with Gasteiger partial charge in [-0.1, -0.05) is 18.5 Å². The van der Waals surface area contributed by atoms with Crippen LogP contribution in [0, 0.1) is 6.92 Å². The molecule has 0 amide bonds. The lowest BCUT2D eigenvalue weighted by Crippen LogP contribution is -2.62. The number of rotatable bonds is 3. The fraction of sp³-hybridized carbons (Fsp3) is 0.500. The monoisotopic (exact) mass is 304 g/mol. The fourth-order valence-corrected chi connectivity index (χ4v) is 3.89. The number of hydrogen-bond acceptors (Lipinski definition) is 4. The van der Waals surface area contributed by atoms with Crippen LogP contribution in [0.5, 0.6) is 0 Å². The van der Waals surface area contributed by atoms with Crippen molar-refractivity contribution in [1.29, 1.82) is 0 Å². The summed E-state index contributed by atoms with van der Waals surface area (Å²) in [5, 5.41) is 10.3. The Morgan fingerprint density at radius 2 is 2.05 bits per heavy atom. The number of nitrogens with two attached hydrogens (primary N) is 1. The van der Waals surface area contributed by atoms with E-state index in [1.807, 2.05) is 6.92 Å². The molecule has 0 bridgehead atoms. The van der Waals surface area contributed by atoms with Gasteiger partial charge in [-0.25, -0.2) is 8.42 Å². The molecule has 1 saturated heterocycles. The molecule has 2 rings (SSSR count). The Hall–Kier alpha value is -0.820. The first kappa shape index (κ1) is 14.6. The zero-order valence-corrected chi connectivity index (χ0v) is 12.4. The Balaban J connectivity index is 2.32. The first-order valence-electron chi connectivity index (χ1n) is 5.98. The lowest BCUT2D eigenvalue weighted by Gasteiger charge is -2.44. The molecule has 3 N–H and O–H groups in total. The van der Waals surface area contributed by atoms with Crippen LogP contribution < -0.4 is 5.73 Å². The summed E-state index contributed by atoms with van der Waals surface area (Å²) in [5.74, 6) is 0. The third-order valence-electron chi connectivity index (χ3n) is 3.49. The summed E-state index contributed by atoms with van der Waals surface area (Å²) in [5.41, 5.74) is 5.65. The summed E-state index contributed by atoms with van der Waals surface area (Å²) in [6.07, 6.45) is 0.529. The molecule has 106 valence electrons. The third-order valence-corrected chi connectivity index (χ3v) is 5.78. The maximum absolute atomic E-state index is 12.4. The number of nitrogens with zero attached hydrogens (tertiary/aromatic N) is 1.